The third kappa shape index (κ3) is 3.57. The highest BCUT2D eigenvalue weighted by Gasteiger charge is 2.34. The molecule has 0 radical (unpaired) electrons. The molecule has 0 spiro atoms. The van der Waals surface area contributed by atoms with Crippen molar-refractivity contribution in [3.63, 3.8) is 0 Å². The summed E-state index contributed by atoms with van der Waals surface area (Å²) in [6.45, 7) is 4.56. The number of benzene rings is 1. The molecule has 1 aromatic carbocycles. The van der Waals surface area contributed by atoms with Crippen LogP contribution in [-0.4, -0.2) is 30.4 Å². The second kappa shape index (κ2) is 6.35. The van der Waals surface area contributed by atoms with E-state index in [1.165, 1.54) is 25.0 Å². The van der Waals surface area contributed by atoms with Crippen LogP contribution in [-0.2, 0) is 4.79 Å². The molecule has 1 amide bonds. The van der Waals surface area contributed by atoms with Crippen molar-refractivity contribution in [1.82, 2.24) is 10.2 Å². The molecule has 1 aromatic rings. The summed E-state index contributed by atoms with van der Waals surface area (Å²) in [5, 5.41) is 3.42. The van der Waals surface area contributed by atoms with Crippen LogP contribution in [0.25, 0.3) is 0 Å². The van der Waals surface area contributed by atoms with Crippen LogP contribution in [0.2, 0.25) is 0 Å². The maximum absolute atomic E-state index is 13.0. The van der Waals surface area contributed by atoms with E-state index in [9.17, 15) is 9.18 Å². The fourth-order valence-corrected chi connectivity index (χ4v) is 2.43. The van der Waals surface area contributed by atoms with Gasteiger partial charge in [0.2, 0.25) is 5.91 Å². The van der Waals surface area contributed by atoms with Crippen molar-refractivity contribution in [2.45, 2.75) is 38.8 Å². The summed E-state index contributed by atoms with van der Waals surface area (Å²) in [5.74, 6) is 0.432. The van der Waals surface area contributed by atoms with Gasteiger partial charge in [0.15, 0.2) is 0 Å². The van der Waals surface area contributed by atoms with Crippen molar-refractivity contribution in [2.24, 2.45) is 5.92 Å². The largest absolute Gasteiger partial charge is 0.345 e. The van der Waals surface area contributed by atoms with Crippen LogP contribution in [0.5, 0.6) is 0 Å². The molecule has 1 saturated carbocycles. The van der Waals surface area contributed by atoms with E-state index < -0.39 is 0 Å². The summed E-state index contributed by atoms with van der Waals surface area (Å²) in [4.78, 5) is 13.9. The number of nitrogens with zero attached hydrogens (tertiary/aromatic N) is 1. The van der Waals surface area contributed by atoms with Crippen LogP contribution in [0.1, 0.15) is 38.3 Å². The maximum atomic E-state index is 13.0. The Morgan fingerprint density at radius 2 is 2.00 bits per heavy atom. The van der Waals surface area contributed by atoms with Crippen LogP contribution in [0.15, 0.2) is 24.3 Å². The van der Waals surface area contributed by atoms with E-state index in [0.717, 1.165) is 5.56 Å². The summed E-state index contributed by atoms with van der Waals surface area (Å²) in [6, 6.07) is 6.50. The van der Waals surface area contributed by atoms with Gasteiger partial charge in [-0.25, -0.2) is 4.39 Å². The smallest absolute Gasteiger partial charge is 0.239 e. The minimum atomic E-state index is -0.226. The molecule has 0 aliphatic heterocycles. The van der Waals surface area contributed by atoms with Crippen molar-refractivity contribution in [3.05, 3.63) is 35.6 Å². The van der Waals surface area contributed by atoms with Crippen LogP contribution < -0.4 is 5.32 Å². The molecule has 0 heterocycles. The van der Waals surface area contributed by atoms with Gasteiger partial charge in [0.05, 0.1) is 6.04 Å². The zero-order valence-corrected chi connectivity index (χ0v) is 12.4. The van der Waals surface area contributed by atoms with Gasteiger partial charge in [0.1, 0.15) is 5.82 Å². The van der Waals surface area contributed by atoms with Crippen LogP contribution in [0, 0.1) is 11.7 Å². The van der Waals surface area contributed by atoms with Crippen LogP contribution in [0.3, 0.4) is 0 Å². The molecular weight excluding hydrogens is 255 g/mol. The number of carbonyl (C=O) groups excluding carboxylic acids is 1. The average Bonchev–Trinajstić information content (AvgIpc) is 3.28. The normalized spacial score (nSPS) is 17.6. The number of likely N-dealkylation sites (N-methyl/N-ethyl adjacent to an activating group) is 1. The Morgan fingerprint density at radius 1 is 1.40 bits per heavy atom. The lowest BCUT2D eigenvalue weighted by molar-refractivity contribution is -0.131. The fourth-order valence-electron chi connectivity index (χ4n) is 2.43. The molecular formula is C16H23FN2O. The summed E-state index contributed by atoms with van der Waals surface area (Å²) >= 11 is 0. The first-order chi connectivity index (χ1) is 9.52. The van der Waals surface area contributed by atoms with Gasteiger partial charge in [-0.05, 0) is 50.3 Å². The van der Waals surface area contributed by atoms with Crippen molar-refractivity contribution < 1.29 is 9.18 Å². The van der Waals surface area contributed by atoms with E-state index in [0.29, 0.717) is 12.5 Å². The van der Waals surface area contributed by atoms with Crippen LogP contribution >= 0.6 is 0 Å². The minimum Gasteiger partial charge on any atom is -0.345 e. The molecule has 0 aromatic heterocycles. The Morgan fingerprint density at radius 3 is 2.50 bits per heavy atom. The van der Waals surface area contributed by atoms with Gasteiger partial charge in [-0.2, -0.15) is 0 Å². The first kappa shape index (κ1) is 15.0. The summed E-state index contributed by atoms with van der Waals surface area (Å²) < 4.78 is 13.0. The number of hydrogen-bond acceptors (Lipinski definition) is 2. The zero-order chi connectivity index (χ0) is 14.7. The topological polar surface area (TPSA) is 32.3 Å². The van der Waals surface area contributed by atoms with E-state index in [1.807, 2.05) is 33.0 Å². The number of rotatable bonds is 6. The third-order valence-corrected chi connectivity index (χ3v) is 3.97. The van der Waals surface area contributed by atoms with Crippen molar-refractivity contribution >= 4 is 5.91 Å². The molecule has 1 aliphatic carbocycles. The third-order valence-electron chi connectivity index (χ3n) is 3.97. The number of nitrogens with one attached hydrogen (secondary N) is 1. The molecule has 2 rings (SSSR count). The molecule has 4 heteroatoms. The predicted molar refractivity (Wildman–Crippen MR) is 77.8 cm³/mol. The van der Waals surface area contributed by atoms with Gasteiger partial charge in [-0.1, -0.05) is 12.1 Å². The highest BCUT2D eigenvalue weighted by atomic mass is 19.1. The number of carbonyl (C=O) groups is 1. The highest BCUT2D eigenvalue weighted by Crippen LogP contribution is 2.41. The number of halogens is 1. The van der Waals surface area contributed by atoms with E-state index in [-0.39, 0.29) is 23.8 Å². The van der Waals surface area contributed by atoms with Crippen LogP contribution in [0.4, 0.5) is 4.39 Å². The quantitative estimate of drug-likeness (QED) is 0.868. The SMILES string of the molecule is CCN(C)C(=O)C(C)NC(c1ccc(F)cc1)C1CC1. The Labute approximate surface area is 120 Å². The van der Waals surface area contributed by atoms with Crippen molar-refractivity contribution in [3.8, 4) is 0 Å². The van der Waals surface area contributed by atoms with Gasteiger partial charge in [-0.3, -0.25) is 10.1 Å². The Kier molecular flexibility index (Phi) is 4.76. The second-order valence-electron chi connectivity index (χ2n) is 5.61. The molecule has 20 heavy (non-hydrogen) atoms. The molecule has 3 nitrogen and oxygen atoms in total. The van der Waals surface area contributed by atoms with E-state index in [4.69, 9.17) is 0 Å². The summed E-state index contributed by atoms with van der Waals surface area (Å²) in [5.41, 5.74) is 1.06. The van der Waals surface area contributed by atoms with Gasteiger partial charge in [-0.15, -0.1) is 0 Å². The Bertz CT molecular complexity index is 456. The Balaban J connectivity index is 2.06. The number of hydrogen-bond donors (Lipinski definition) is 1. The monoisotopic (exact) mass is 278 g/mol. The molecule has 2 unspecified atom stereocenters. The van der Waals surface area contributed by atoms with Crippen molar-refractivity contribution in [1.29, 1.82) is 0 Å². The zero-order valence-electron chi connectivity index (χ0n) is 12.4. The van der Waals surface area contributed by atoms with Gasteiger partial charge in [0, 0.05) is 19.6 Å². The Hall–Kier alpha value is -1.42. The molecule has 0 saturated heterocycles. The molecule has 1 fully saturated rings. The lowest BCUT2D eigenvalue weighted by atomic mass is 10.0. The van der Waals surface area contributed by atoms with E-state index >= 15 is 0 Å². The van der Waals surface area contributed by atoms with Gasteiger partial charge >= 0.3 is 0 Å². The predicted octanol–water partition coefficient (Wildman–Crippen LogP) is 2.73. The average molecular weight is 278 g/mol. The maximum Gasteiger partial charge on any atom is 0.239 e. The first-order valence-corrected chi connectivity index (χ1v) is 7.29. The molecule has 1 aliphatic rings. The van der Waals surface area contributed by atoms with Gasteiger partial charge < -0.3 is 4.90 Å². The van der Waals surface area contributed by atoms with E-state index in [1.54, 1.807) is 4.90 Å². The standard InChI is InChI=1S/C16H23FN2O/c1-4-19(3)16(20)11(2)18-15(12-5-6-12)13-7-9-14(17)10-8-13/h7-12,15,18H,4-6H2,1-3H3. The highest BCUT2D eigenvalue weighted by molar-refractivity contribution is 5.81. The van der Waals surface area contributed by atoms with Crippen molar-refractivity contribution in [2.75, 3.05) is 13.6 Å². The first-order valence-electron chi connectivity index (χ1n) is 7.29. The lowest BCUT2D eigenvalue weighted by Crippen LogP contribution is -2.44. The molecule has 2 atom stereocenters. The molecule has 110 valence electrons. The summed E-state index contributed by atoms with van der Waals surface area (Å²) in [6.07, 6.45) is 2.33. The fraction of sp³-hybridized carbons (Fsp3) is 0.562. The minimum absolute atomic E-state index is 0.0975. The van der Waals surface area contributed by atoms with Gasteiger partial charge in [0.25, 0.3) is 0 Å². The van der Waals surface area contributed by atoms with E-state index in [2.05, 4.69) is 5.32 Å². The molecule has 1 N–H and O–H groups in total. The number of amides is 1. The lowest BCUT2D eigenvalue weighted by Gasteiger charge is -2.26. The summed E-state index contributed by atoms with van der Waals surface area (Å²) in [7, 11) is 1.81. The molecule has 0 bridgehead atoms. The second-order valence-corrected chi connectivity index (χ2v) is 5.61.